The standard InChI is InChI=1S/C23H21ClF2N2O2S/c1-14-7-8-19(15(2)9-14)23(25,26)13-28-22(29)18-11-21(24)27-12-20(18)31-17-6-4-5-16(10-17)30-3/h4-12H,13H2,1-3H3,(H,28,29). The zero-order valence-corrected chi connectivity index (χ0v) is 18.8. The summed E-state index contributed by atoms with van der Waals surface area (Å²) in [6.45, 7) is 2.63. The number of nitrogens with one attached hydrogen (secondary N) is 1. The first-order valence-electron chi connectivity index (χ1n) is 9.41. The molecule has 3 aromatic rings. The summed E-state index contributed by atoms with van der Waals surface area (Å²) in [5.74, 6) is -3.21. The third-order valence-corrected chi connectivity index (χ3v) is 5.84. The molecule has 1 amide bonds. The molecular formula is C23H21ClF2N2O2S. The second-order valence-electron chi connectivity index (χ2n) is 6.99. The Morgan fingerprint density at radius 1 is 1.19 bits per heavy atom. The molecule has 1 heterocycles. The normalized spacial score (nSPS) is 11.3. The number of rotatable bonds is 7. The summed E-state index contributed by atoms with van der Waals surface area (Å²) in [4.78, 5) is 18.1. The second kappa shape index (κ2) is 9.66. The summed E-state index contributed by atoms with van der Waals surface area (Å²) < 4.78 is 34.7. The number of benzene rings is 2. The number of alkyl halides is 2. The molecule has 162 valence electrons. The lowest BCUT2D eigenvalue weighted by Gasteiger charge is -2.20. The molecule has 0 atom stereocenters. The van der Waals surface area contributed by atoms with Gasteiger partial charge in [-0.25, -0.2) is 4.98 Å². The van der Waals surface area contributed by atoms with Crippen molar-refractivity contribution in [1.82, 2.24) is 10.3 Å². The first kappa shape index (κ1) is 23.0. The van der Waals surface area contributed by atoms with Crippen molar-refractivity contribution in [2.75, 3.05) is 13.7 Å². The lowest BCUT2D eigenvalue weighted by atomic mass is 10.00. The highest BCUT2D eigenvalue weighted by Crippen LogP contribution is 2.34. The number of nitrogens with zero attached hydrogens (tertiary/aromatic N) is 1. The lowest BCUT2D eigenvalue weighted by Crippen LogP contribution is -2.35. The van der Waals surface area contributed by atoms with Gasteiger partial charge in [-0.2, -0.15) is 8.78 Å². The quantitative estimate of drug-likeness (QED) is 0.435. The molecule has 4 nitrogen and oxygen atoms in total. The molecule has 0 spiro atoms. The van der Waals surface area contributed by atoms with E-state index >= 15 is 0 Å². The number of hydrogen-bond donors (Lipinski definition) is 1. The molecule has 2 aromatic carbocycles. The van der Waals surface area contributed by atoms with Crippen LogP contribution in [0.3, 0.4) is 0 Å². The van der Waals surface area contributed by atoms with Crippen molar-refractivity contribution < 1.29 is 18.3 Å². The zero-order valence-electron chi connectivity index (χ0n) is 17.2. The lowest BCUT2D eigenvalue weighted by molar-refractivity contribution is -0.00310. The molecule has 0 aliphatic heterocycles. The van der Waals surface area contributed by atoms with Crippen molar-refractivity contribution in [2.45, 2.75) is 29.6 Å². The van der Waals surface area contributed by atoms with Crippen LogP contribution in [0.2, 0.25) is 5.15 Å². The van der Waals surface area contributed by atoms with Crippen LogP contribution < -0.4 is 10.1 Å². The highest BCUT2D eigenvalue weighted by atomic mass is 35.5. The number of carbonyl (C=O) groups excluding carboxylic acids is 1. The third-order valence-electron chi connectivity index (χ3n) is 4.59. The van der Waals surface area contributed by atoms with E-state index in [1.807, 2.05) is 19.1 Å². The molecule has 1 aromatic heterocycles. The van der Waals surface area contributed by atoms with E-state index in [1.165, 1.54) is 30.1 Å². The van der Waals surface area contributed by atoms with E-state index in [0.717, 1.165) is 10.5 Å². The van der Waals surface area contributed by atoms with Gasteiger partial charge in [0.1, 0.15) is 10.9 Å². The van der Waals surface area contributed by atoms with Crippen LogP contribution in [-0.2, 0) is 5.92 Å². The van der Waals surface area contributed by atoms with Gasteiger partial charge in [0, 0.05) is 21.6 Å². The van der Waals surface area contributed by atoms with E-state index in [4.69, 9.17) is 16.3 Å². The maximum absolute atomic E-state index is 14.8. The molecule has 0 aliphatic carbocycles. The predicted octanol–water partition coefficient (Wildman–Crippen LogP) is 6.03. The highest BCUT2D eigenvalue weighted by Gasteiger charge is 2.34. The Hall–Kier alpha value is -2.64. The number of carbonyl (C=O) groups is 1. The average Bonchev–Trinajstić information content (AvgIpc) is 2.73. The number of ether oxygens (including phenoxy) is 1. The van der Waals surface area contributed by atoms with Gasteiger partial charge in [-0.1, -0.05) is 53.2 Å². The van der Waals surface area contributed by atoms with E-state index < -0.39 is 18.4 Å². The Bertz CT molecular complexity index is 1110. The van der Waals surface area contributed by atoms with Crippen LogP contribution >= 0.6 is 23.4 Å². The fourth-order valence-corrected chi connectivity index (χ4v) is 4.17. The van der Waals surface area contributed by atoms with Crippen molar-refractivity contribution in [1.29, 1.82) is 0 Å². The number of pyridine rings is 1. The summed E-state index contributed by atoms with van der Waals surface area (Å²) in [6, 6.07) is 13.3. The van der Waals surface area contributed by atoms with Gasteiger partial charge in [0.15, 0.2) is 0 Å². The first-order valence-corrected chi connectivity index (χ1v) is 10.6. The van der Waals surface area contributed by atoms with Crippen LogP contribution in [0.25, 0.3) is 0 Å². The minimum Gasteiger partial charge on any atom is -0.497 e. The van der Waals surface area contributed by atoms with Crippen LogP contribution in [-0.4, -0.2) is 24.5 Å². The van der Waals surface area contributed by atoms with Gasteiger partial charge < -0.3 is 10.1 Å². The fraction of sp³-hybridized carbons (Fsp3) is 0.217. The maximum atomic E-state index is 14.8. The predicted molar refractivity (Wildman–Crippen MR) is 119 cm³/mol. The number of aryl methyl sites for hydroxylation is 2. The molecule has 0 aliphatic rings. The largest absolute Gasteiger partial charge is 0.497 e. The van der Waals surface area contributed by atoms with Gasteiger partial charge >= 0.3 is 0 Å². The van der Waals surface area contributed by atoms with Crippen LogP contribution in [0.5, 0.6) is 5.75 Å². The fourth-order valence-electron chi connectivity index (χ4n) is 3.07. The molecule has 31 heavy (non-hydrogen) atoms. The van der Waals surface area contributed by atoms with E-state index in [9.17, 15) is 13.6 Å². The third kappa shape index (κ3) is 5.74. The molecule has 3 rings (SSSR count). The number of amides is 1. The van der Waals surface area contributed by atoms with Gasteiger partial charge in [-0.15, -0.1) is 0 Å². The summed E-state index contributed by atoms with van der Waals surface area (Å²) in [5, 5.41) is 2.44. The monoisotopic (exact) mass is 462 g/mol. The van der Waals surface area contributed by atoms with Crippen LogP contribution in [0, 0.1) is 13.8 Å². The molecule has 8 heteroatoms. The number of halogens is 3. The van der Waals surface area contributed by atoms with Gasteiger partial charge in [-0.05, 0) is 43.7 Å². The van der Waals surface area contributed by atoms with Crippen LogP contribution in [0.4, 0.5) is 8.78 Å². The van der Waals surface area contributed by atoms with E-state index in [-0.39, 0.29) is 16.3 Å². The highest BCUT2D eigenvalue weighted by molar-refractivity contribution is 7.99. The average molecular weight is 463 g/mol. The summed E-state index contributed by atoms with van der Waals surface area (Å²) in [5.41, 5.74) is 1.42. The smallest absolute Gasteiger partial charge is 0.290 e. The Balaban J connectivity index is 1.80. The number of methoxy groups -OCH3 is 1. The number of aromatic nitrogens is 1. The Labute approximate surface area is 189 Å². The number of hydrogen-bond acceptors (Lipinski definition) is 4. The SMILES string of the molecule is COc1cccc(Sc2cnc(Cl)cc2C(=O)NCC(F)(F)c2ccc(C)cc2C)c1. The van der Waals surface area contributed by atoms with Crippen molar-refractivity contribution in [3.63, 3.8) is 0 Å². The van der Waals surface area contributed by atoms with Crippen molar-refractivity contribution in [3.05, 3.63) is 82.1 Å². The second-order valence-corrected chi connectivity index (χ2v) is 8.49. The Morgan fingerprint density at radius 3 is 2.68 bits per heavy atom. The molecule has 0 saturated carbocycles. The Kier molecular flexibility index (Phi) is 7.18. The molecule has 1 N–H and O–H groups in total. The molecule has 0 bridgehead atoms. The summed E-state index contributed by atoms with van der Waals surface area (Å²) in [6.07, 6.45) is 1.45. The summed E-state index contributed by atoms with van der Waals surface area (Å²) >= 11 is 7.23. The Morgan fingerprint density at radius 2 is 1.97 bits per heavy atom. The minimum atomic E-state index is -3.22. The molecular weight excluding hydrogens is 442 g/mol. The molecule has 0 radical (unpaired) electrons. The molecule has 0 unspecified atom stereocenters. The first-order chi connectivity index (χ1) is 14.7. The van der Waals surface area contributed by atoms with Gasteiger partial charge in [0.05, 0.1) is 19.2 Å². The van der Waals surface area contributed by atoms with Gasteiger partial charge in [-0.3, -0.25) is 4.79 Å². The molecule has 0 saturated heterocycles. The molecule has 0 fully saturated rings. The summed E-state index contributed by atoms with van der Waals surface area (Å²) in [7, 11) is 1.56. The van der Waals surface area contributed by atoms with Crippen LogP contribution in [0.15, 0.2) is 64.5 Å². The van der Waals surface area contributed by atoms with E-state index in [1.54, 1.807) is 38.3 Å². The van der Waals surface area contributed by atoms with Crippen molar-refractivity contribution in [3.8, 4) is 5.75 Å². The van der Waals surface area contributed by atoms with E-state index in [0.29, 0.717) is 16.2 Å². The van der Waals surface area contributed by atoms with Gasteiger partial charge in [0.25, 0.3) is 11.8 Å². The zero-order chi connectivity index (χ0) is 22.6. The minimum absolute atomic E-state index is 0.0984. The van der Waals surface area contributed by atoms with Crippen molar-refractivity contribution >= 4 is 29.3 Å². The van der Waals surface area contributed by atoms with Gasteiger partial charge in [0.2, 0.25) is 0 Å². The van der Waals surface area contributed by atoms with Crippen LogP contribution in [0.1, 0.15) is 27.0 Å². The van der Waals surface area contributed by atoms with E-state index in [2.05, 4.69) is 10.3 Å². The van der Waals surface area contributed by atoms with Crippen molar-refractivity contribution in [2.24, 2.45) is 0 Å². The topological polar surface area (TPSA) is 51.2 Å². The maximum Gasteiger partial charge on any atom is 0.290 e.